The number of hydrogen-bond donors (Lipinski definition) is 2. The molecule has 8 nitrogen and oxygen atoms in total. The van der Waals surface area contributed by atoms with Crippen molar-refractivity contribution >= 4 is 11.9 Å². The van der Waals surface area contributed by atoms with Gasteiger partial charge in [0.2, 0.25) is 11.9 Å². The molecule has 2 N–H and O–H groups in total. The zero-order valence-electron chi connectivity index (χ0n) is 13.0. The number of nitrogens with one attached hydrogen (secondary N) is 2. The second-order valence-corrected chi connectivity index (χ2v) is 5.77. The highest BCUT2D eigenvalue weighted by molar-refractivity contribution is 5.76. The first-order valence-electron chi connectivity index (χ1n) is 7.68. The number of hydrogen-bond acceptors (Lipinski definition) is 5. The molecule has 1 aliphatic heterocycles. The molecule has 1 aliphatic rings. The Hall–Kier alpha value is -2.64. The number of anilines is 1. The van der Waals surface area contributed by atoms with Gasteiger partial charge in [0.25, 0.3) is 5.56 Å². The van der Waals surface area contributed by atoms with Gasteiger partial charge in [-0.2, -0.15) is 0 Å². The van der Waals surface area contributed by atoms with Crippen LogP contribution in [0.25, 0.3) is 0 Å². The number of imidazole rings is 1. The predicted octanol–water partition coefficient (Wildman–Crippen LogP) is 0.0600. The van der Waals surface area contributed by atoms with Gasteiger partial charge in [0.1, 0.15) is 6.54 Å². The van der Waals surface area contributed by atoms with Gasteiger partial charge in [-0.05, 0) is 19.8 Å². The molecule has 3 heterocycles. The molecule has 0 aliphatic carbocycles. The Labute approximate surface area is 133 Å². The minimum Gasteiger partial charge on any atom is -0.352 e. The normalized spacial score (nSPS) is 15.6. The smallest absolute Gasteiger partial charge is 0.252 e. The van der Waals surface area contributed by atoms with Crippen LogP contribution in [0, 0.1) is 6.92 Å². The molecule has 0 aromatic carbocycles. The zero-order chi connectivity index (χ0) is 16.2. The molecule has 0 unspecified atom stereocenters. The molecule has 0 atom stereocenters. The molecule has 1 amide bonds. The summed E-state index contributed by atoms with van der Waals surface area (Å²) in [5.74, 6) is 0.599. The first-order valence-corrected chi connectivity index (χ1v) is 7.68. The molecule has 0 bridgehead atoms. The maximum Gasteiger partial charge on any atom is 0.252 e. The van der Waals surface area contributed by atoms with Crippen molar-refractivity contribution < 1.29 is 4.79 Å². The van der Waals surface area contributed by atoms with Crippen molar-refractivity contribution in [3.05, 3.63) is 40.8 Å². The third-order valence-electron chi connectivity index (χ3n) is 3.90. The number of piperidine rings is 1. The Balaban J connectivity index is 1.52. The third-order valence-corrected chi connectivity index (χ3v) is 3.90. The molecule has 122 valence electrons. The molecule has 8 heteroatoms. The summed E-state index contributed by atoms with van der Waals surface area (Å²) >= 11 is 0. The average molecular weight is 316 g/mol. The van der Waals surface area contributed by atoms with Gasteiger partial charge in [0.05, 0.1) is 6.33 Å². The van der Waals surface area contributed by atoms with Gasteiger partial charge < -0.3 is 14.8 Å². The number of carbonyl (C=O) groups is 1. The van der Waals surface area contributed by atoms with Crippen LogP contribution in [0.5, 0.6) is 0 Å². The molecule has 0 saturated carbocycles. The lowest BCUT2D eigenvalue weighted by atomic mass is 10.1. The summed E-state index contributed by atoms with van der Waals surface area (Å²) in [6.07, 6.45) is 6.70. The van der Waals surface area contributed by atoms with Crippen molar-refractivity contribution in [2.75, 3.05) is 18.0 Å². The number of amides is 1. The maximum atomic E-state index is 12.0. The number of carbonyl (C=O) groups excluding carboxylic acids is 1. The van der Waals surface area contributed by atoms with E-state index in [1.165, 1.54) is 6.07 Å². The SMILES string of the molecule is Cc1cc(=O)[nH]c(N2CCC(NC(=O)Cn3ccnc3)CC2)n1. The Morgan fingerprint density at radius 1 is 1.43 bits per heavy atom. The minimum absolute atomic E-state index is 0.0106. The van der Waals surface area contributed by atoms with E-state index in [0.717, 1.165) is 25.9 Å². The Kier molecular flexibility index (Phi) is 4.40. The van der Waals surface area contributed by atoms with Crippen LogP contribution in [0.1, 0.15) is 18.5 Å². The average Bonchev–Trinajstić information content (AvgIpc) is 2.99. The second kappa shape index (κ2) is 6.64. The van der Waals surface area contributed by atoms with Gasteiger partial charge in [-0.15, -0.1) is 0 Å². The van der Waals surface area contributed by atoms with E-state index in [-0.39, 0.29) is 24.1 Å². The highest BCUT2D eigenvalue weighted by Gasteiger charge is 2.22. The summed E-state index contributed by atoms with van der Waals surface area (Å²) in [5.41, 5.74) is 0.572. The highest BCUT2D eigenvalue weighted by Crippen LogP contribution is 2.15. The zero-order valence-corrected chi connectivity index (χ0v) is 13.0. The Morgan fingerprint density at radius 3 is 2.87 bits per heavy atom. The molecule has 0 spiro atoms. The summed E-state index contributed by atoms with van der Waals surface area (Å²) in [4.78, 5) is 36.6. The van der Waals surface area contributed by atoms with E-state index >= 15 is 0 Å². The third kappa shape index (κ3) is 3.97. The van der Waals surface area contributed by atoms with E-state index in [2.05, 4.69) is 20.3 Å². The lowest BCUT2D eigenvalue weighted by molar-refractivity contribution is -0.122. The van der Waals surface area contributed by atoms with Gasteiger partial charge in [-0.1, -0.05) is 0 Å². The van der Waals surface area contributed by atoms with Crippen molar-refractivity contribution in [1.82, 2.24) is 24.8 Å². The van der Waals surface area contributed by atoms with Crippen molar-refractivity contribution in [3.63, 3.8) is 0 Å². The van der Waals surface area contributed by atoms with Gasteiger partial charge in [0, 0.05) is 43.3 Å². The van der Waals surface area contributed by atoms with Gasteiger partial charge in [-0.3, -0.25) is 14.6 Å². The van der Waals surface area contributed by atoms with Crippen LogP contribution >= 0.6 is 0 Å². The molecular weight excluding hydrogens is 296 g/mol. The van der Waals surface area contributed by atoms with Crippen LogP contribution < -0.4 is 15.8 Å². The number of aromatic nitrogens is 4. The van der Waals surface area contributed by atoms with Crippen molar-refractivity contribution in [3.8, 4) is 0 Å². The summed E-state index contributed by atoms with van der Waals surface area (Å²) in [6.45, 7) is 3.60. The summed E-state index contributed by atoms with van der Waals surface area (Å²) < 4.78 is 1.74. The van der Waals surface area contributed by atoms with E-state index in [1.807, 2.05) is 11.8 Å². The van der Waals surface area contributed by atoms with Crippen LogP contribution in [0.3, 0.4) is 0 Å². The molecule has 3 rings (SSSR count). The number of rotatable bonds is 4. The monoisotopic (exact) mass is 316 g/mol. The lowest BCUT2D eigenvalue weighted by Gasteiger charge is -2.32. The minimum atomic E-state index is -0.136. The largest absolute Gasteiger partial charge is 0.352 e. The van der Waals surface area contributed by atoms with Gasteiger partial charge in [0.15, 0.2) is 0 Å². The van der Waals surface area contributed by atoms with Crippen LogP contribution in [0.4, 0.5) is 5.95 Å². The lowest BCUT2D eigenvalue weighted by Crippen LogP contribution is -2.46. The topological polar surface area (TPSA) is 95.9 Å². The van der Waals surface area contributed by atoms with E-state index in [9.17, 15) is 9.59 Å². The maximum absolute atomic E-state index is 12.0. The summed E-state index contributed by atoms with van der Waals surface area (Å²) in [5, 5.41) is 3.05. The summed E-state index contributed by atoms with van der Waals surface area (Å²) in [7, 11) is 0. The summed E-state index contributed by atoms with van der Waals surface area (Å²) in [6, 6.07) is 1.63. The molecule has 1 fully saturated rings. The molecular formula is C15H20N6O2. The number of H-pyrrole nitrogens is 1. The van der Waals surface area contributed by atoms with Crippen LogP contribution in [-0.2, 0) is 11.3 Å². The van der Waals surface area contributed by atoms with E-state index < -0.39 is 0 Å². The predicted molar refractivity (Wildman–Crippen MR) is 85.2 cm³/mol. The molecule has 0 radical (unpaired) electrons. The fourth-order valence-electron chi connectivity index (χ4n) is 2.77. The van der Waals surface area contributed by atoms with E-state index in [4.69, 9.17) is 0 Å². The fourth-order valence-corrected chi connectivity index (χ4v) is 2.77. The molecule has 23 heavy (non-hydrogen) atoms. The van der Waals surface area contributed by atoms with Crippen molar-refractivity contribution in [2.45, 2.75) is 32.4 Å². The van der Waals surface area contributed by atoms with Crippen LogP contribution in [0.15, 0.2) is 29.6 Å². The van der Waals surface area contributed by atoms with Gasteiger partial charge >= 0.3 is 0 Å². The number of nitrogens with zero attached hydrogens (tertiary/aromatic N) is 4. The number of aryl methyl sites for hydroxylation is 1. The first kappa shape index (κ1) is 15.3. The molecule has 1 saturated heterocycles. The Morgan fingerprint density at radius 2 is 2.22 bits per heavy atom. The van der Waals surface area contributed by atoms with Gasteiger partial charge in [-0.25, -0.2) is 9.97 Å². The van der Waals surface area contributed by atoms with Crippen LogP contribution in [-0.4, -0.2) is 44.6 Å². The van der Waals surface area contributed by atoms with Crippen molar-refractivity contribution in [2.24, 2.45) is 0 Å². The van der Waals surface area contributed by atoms with Crippen LogP contribution in [0.2, 0.25) is 0 Å². The fraction of sp³-hybridized carbons (Fsp3) is 0.467. The van der Waals surface area contributed by atoms with E-state index in [1.54, 1.807) is 23.3 Å². The molecule has 2 aromatic rings. The number of aromatic amines is 1. The van der Waals surface area contributed by atoms with Crippen molar-refractivity contribution in [1.29, 1.82) is 0 Å². The Bertz CT molecular complexity index is 716. The highest BCUT2D eigenvalue weighted by atomic mass is 16.2. The molecule has 2 aromatic heterocycles. The second-order valence-electron chi connectivity index (χ2n) is 5.77. The first-order chi connectivity index (χ1) is 11.1. The quantitative estimate of drug-likeness (QED) is 0.831. The standard InChI is InChI=1S/C15H20N6O2/c1-11-8-13(22)19-15(17-11)21-5-2-12(3-6-21)18-14(23)9-20-7-4-16-10-20/h4,7-8,10,12H,2-3,5-6,9H2,1H3,(H,18,23)(H,17,19,22). The van der Waals surface area contributed by atoms with E-state index in [0.29, 0.717) is 11.6 Å².